The summed E-state index contributed by atoms with van der Waals surface area (Å²) in [6, 6.07) is 5.26. The molecule has 7 heteroatoms. The second-order valence-electron chi connectivity index (χ2n) is 4.63. The van der Waals surface area contributed by atoms with Gasteiger partial charge in [-0.3, -0.25) is 4.79 Å². The van der Waals surface area contributed by atoms with Gasteiger partial charge in [0.1, 0.15) is 6.07 Å². The van der Waals surface area contributed by atoms with Crippen LogP contribution in [0.1, 0.15) is 5.56 Å². The molecule has 1 aliphatic heterocycles. The van der Waals surface area contributed by atoms with Crippen LogP contribution in [0.3, 0.4) is 0 Å². The Morgan fingerprint density at radius 1 is 1.23 bits per heavy atom. The smallest absolute Gasteiger partial charge is 0.290 e. The van der Waals surface area contributed by atoms with Crippen LogP contribution in [0.25, 0.3) is 0 Å². The average molecular weight is 304 g/mol. The summed E-state index contributed by atoms with van der Waals surface area (Å²) in [5.41, 5.74) is 0.798. The van der Waals surface area contributed by atoms with Crippen LogP contribution in [0, 0.1) is 11.3 Å². The second-order valence-corrected chi connectivity index (χ2v) is 4.63. The van der Waals surface area contributed by atoms with Gasteiger partial charge in [-0.15, -0.1) is 0 Å². The first-order valence-corrected chi connectivity index (χ1v) is 6.46. The lowest BCUT2D eigenvalue weighted by atomic mass is 10.1. The first kappa shape index (κ1) is 15.5. The highest BCUT2D eigenvalue weighted by molar-refractivity contribution is 5.95. The van der Waals surface area contributed by atoms with Crippen molar-refractivity contribution in [1.29, 1.82) is 5.26 Å². The fourth-order valence-corrected chi connectivity index (χ4v) is 2.28. The van der Waals surface area contributed by atoms with Gasteiger partial charge < -0.3 is 24.2 Å². The molecular formula is C15H16N2O5. The summed E-state index contributed by atoms with van der Waals surface area (Å²) in [4.78, 5) is 13.3. The van der Waals surface area contributed by atoms with E-state index >= 15 is 0 Å². The number of benzene rings is 1. The molecule has 0 spiro atoms. The molecule has 0 fully saturated rings. The summed E-state index contributed by atoms with van der Waals surface area (Å²) in [5, 5.41) is 18.5. The third-order valence-electron chi connectivity index (χ3n) is 3.36. The maximum Gasteiger partial charge on any atom is 0.290 e. The molecule has 7 nitrogen and oxygen atoms in total. The molecule has 0 unspecified atom stereocenters. The van der Waals surface area contributed by atoms with Crippen molar-refractivity contribution in [3.8, 4) is 23.3 Å². The minimum absolute atomic E-state index is 0.0671. The van der Waals surface area contributed by atoms with Crippen LogP contribution in [0.4, 0.5) is 0 Å². The van der Waals surface area contributed by atoms with E-state index in [0.717, 1.165) is 5.56 Å². The minimum Gasteiger partial charge on any atom is -0.502 e. The molecule has 0 atom stereocenters. The molecule has 1 aromatic carbocycles. The Kier molecular flexibility index (Phi) is 4.41. The summed E-state index contributed by atoms with van der Waals surface area (Å²) in [6.07, 6.45) is 0. The number of aliphatic hydroxyl groups is 1. The Bertz CT molecular complexity index is 650. The van der Waals surface area contributed by atoms with Crippen LogP contribution >= 0.6 is 0 Å². The molecule has 22 heavy (non-hydrogen) atoms. The maximum atomic E-state index is 11.9. The van der Waals surface area contributed by atoms with Crippen LogP contribution in [-0.4, -0.2) is 43.8 Å². The average Bonchev–Trinajstić information content (AvgIpc) is 2.81. The highest BCUT2D eigenvalue weighted by Gasteiger charge is 2.30. The van der Waals surface area contributed by atoms with Crippen molar-refractivity contribution in [3.05, 3.63) is 29.0 Å². The standard InChI is InChI=1S/C15H16N2O5/c1-20-11-4-9(5-12(21-2)14(11)22-3)7-17-8-10(6-16)13(18)15(17)19/h4-5,18H,7-8H2,1-3H3. The summed E-state index contributed by atoms with van der Waals surface area (Å²) < 4.78 is 15.7. The lowest BCUT2D eigenvalue weighted by Gasteiger charge is -2.18. The zero-order valence-corrected chi connectivity index (χ0v) is 12.5. The Labute approximate surface area is 127 Å². The molecular weight excluding hydrogens is 288 g/mol. The molecule has 2 rings (SSSR count). The van der Waals surface area contributed by atoms with Gasteiger partial charge in [0, 0.05) is 6.54 Å². The number of methoxy groups -OCH3 is 3. The van der Waals surface area contributed by atoms with Crippen LogP contribution in [0.15, 0.2) is 23.5 Å². The highest BCUT2D eigenvalue weighted by Crippen LogP contribution is 2.38. The number of carbonyl (C=O) groups is 1. The van der Waals surface area contributed by atoms with Crippen molar-refractivity contribution in [2.45, 2.75) is 6.54 Å². The normalized spacial score (nSPS) is 14.1. The number of carbonyl (C=O) groups excluding carboxylic acids is 1. The molecule has 0 radical (unpaired) electrons. The third-order valence-corrected chi connectivity index (χ3v) is 3.36. The largest absolute Gasteiger partial charge is 0.502 e. The molecule has 1 aliphatic rings. The predicted molar refractivity (Wildman–Crippen MR) is 76.8 cm³/mol. The minimum atomic E-state index is -0.565. The second kappa shape index (κ2) is 6.26. The fourth-order valence-electron chi connectivity index (χ4n) is 2.28. The van der Waals surface area contributed by atoms with E-state index in [4.69, 9.17) is 19.5 Å². The summed E-state index contributed by atoms with van der Waals surface area (Å²) >= 11 is 0. The maximum absolute atomic E-state index is 11.9. The zero-order chi connectivity index (χ0) is 16.3. The molecule has 1 N–H and O–H groups in total. The monoisotopic (exact) mass is 304 g/mol. The van der Waals surface area contributed by atoms with E-state index in [1.54, 1.807) is 12.1 Å². The number of nitrogens with zero attached hydrogens (tertiary/aromatic N) is 2. The quantitative estimate of drug-likeness (QED) is 0.883. The number of rotatable bonds is 5. The van der Waals surface area contributed by atoms with Crippen molar-refractivity contribution in [1.82, 2.24) is 4.90 Å². The topological polar surface area (TPSA) is 92.0 Å². The number of ether oxygens (including phenoxy) is 3. The highest BCUT2D eigenvalue weighted by atomic mass is 16.5. The van der Waals surface area contributed by atoms with Gasteiger partial charge in [0.2, 0.25) is 5.75 Å². The van der Waals surface area contributed by atoms with Gasteiger partial charge >= 0.3 is 0 Å². The molecule has 1 aromatic rings. The molecule has 116 valence electrons. The van der Waals surface area contributed by atoms with Crippen molar-refractivity contribution in [3.63, 3.8) is 0 Å². The van der Waals surface area contributed by atoms with E-state index in [-0.39, 0.29) is 18.7 Å². The zero-order valence-electron chi connectivity index (χ0n) is 12.5. The number of hydrogen-bond acceptors (Lipinski definition) is 6. The molecule has 0 aromatic heterocycles. The first-order valence-electron chi connectivity index (χ1n) is 6.46. The number of nitriles is 1. The lowest BCUT2D eigenvalue weighted by Crippen LogP contribution is -2.26. The van der Waals surface area contributed by atoms with Gasteiger partial charge in [-0.25, -0.2) is 0 Å². The summed E-state index contributed by atoms with van der Waals surface area (Å²) in [6.45, 7) is 0.294. The Balaban J connectivity index is 2.29. The van der Waals surface area contributed by atoms with E-state index in [2.05, 4.69) is 0 Å². The summed E-state index contributed by atoms with van der Waals surface area (Å²) in [7, 11) is 4.51. The lowest BCUT2D eigenvalue weighted by molar-refractivity contribution is -0.128. The van der Waals surface area contributed by atoms with Gasteiger partial charge in [-0.2, -0.15) is 5.26 Å². The summed E-state index contributed by atoms with van der Waals surface area (Å²) in [5.74, 6) is 0.350. The molecule has 0 aliphatic carbocycles. The van der Waals surface area contributed by atoms with Crippen LogP contribution < -0.4 is 14.2 Å². The first-order chi connectivity index (χ1) is 10.5. The van der Waals surface area contributed by atoms with Crippen molar-refractivity contribution >= 4 is 5.91 Å². The van der Waals surface area contributed by atoms with E-state index < -0.39 is 11.7 Å². The Morgan fingerprint density at radius 3 is 2.23 bits per heavy atom. The van der Waals surface area contributed by atoms with E-state index in [1.807, 2.05) is 6.07 Å². The van der Waals surface area contributed by atoms with Crippen LogP contribution in [0.2, 0.25) is 0 Å². The molecule has 0 saturated carbocycles. The Hall–Kier alpha value is -2.88. The molecule has 1 heterocycles. The number of hydrogen-bond donors (Lipinski definition) is 1. The van der Waals surface area contributed by atoms with Gasteiger partial charge in [-0.05, 0) is 17.7 Å². The van der Waals surface area contributed by atoms with E-state index in [1.165, 1.54) is 26.2 Å². The van der Waals surface area contributed by atoms with Crippen molar-refractivity contribution in [2.24, 2.45) is 0 Å². The number of aliphatic hydroxyl groups excluding tert-OH is 1. The van der Waals surface area contributed by atoms with Crippen molar-refractivity contribution in [2.75, 3.05) is 27.9 Å². The van der Waals surface area contributed by atoms with Crippen LogP contribution in [-0.2, 0) is 11.3 Å². The SMILES string of the molecule is COc1cc(CN2CC(C#N)=C(O)C2=O)cc(OC)c1OC. The molecule has 1 amide bonds. The Morgan fingerprint density at radius 2 is 1.82 bits per heavy atom. The van der Waals surface area contributed by atoms with E-state index in [9.17, 15) is 9.90 Å². The number of amides is 1. The molecule has 0 saturated heterocycles. The fraction of sp³-hybridized carbons (Fsp3) is 0.333. The van der Waals surface area contributed by atoms with Gasteiger partial charge in [0.15, 0.2) is 17.3 Å². The van der Waals surface area contributed by atoms with Gasteiger partial charge in [0.25, 0.3) is 5.91 Å². The van der Waals surface area contributed by atoms with E-state index in [0.29, 0.717) is 17.2 Å². The van der Waals surface area contributed by atoms with Gasteiger partial charge in [-0.1, -0.05) is 0 Å². The van der Waals surface area contributed by atoms with Crippen molar-refractivity contribution < 1.29 is 24.1 Å². The van der Waals surface area contributed by atoms with Gasteiger partial charge in [0.05, 0.1) is 33.4 Å². The van der Waals surface area contributed by atoms with Crippen LogP contribution in [0.5, 0.6) is 17.2 Å². The third kappa shape index (κ3) is 2.63. The predicted octanol–water partition coefficient (Wildman–Crippen LogP) is 1.39. The molecule has 0 bridgehead atoms.